The number of rotatable bonds is 5. The van der Waals surface area contributed by atoms with E-state index in [-0.39, 0.29) is 18.5 Å². The fourth-order valence-electron chi connectivity index (χ4n) is 3.43. The Morgan fingerprint density at radius 1 is 0.793 bits per heavy atom. The smallest absolute Gasteiger partial charge is 0.332 e. The Morgan fingerprint density at radius 3 is 2.07 bits per heavy atom. The molecule has 5 nitrogen and oxygen atoms in total. The number of anilines is 1. The zero-order chi connectivity index (χ0) is 20.4. The molecule has 0 N–H and O–H groups in total. The largest absolute Gasteiger partial charge is 0.457 e. The molecule has 0 atom stereocenters. The SMILES string of the molecule is CC1(C)C(=O)N(c2ccccc2)C(=O)N1Cc1ccccc1Oc1ccccc1. The van der Waals surface area contributed by atoms with Crippen LogP contribution in [0.5, 0.6) is 11.5 Å². The van der Waals surface area contributed by atoms with Gasteiger partial charge in [0.25, 0.3) is 5.91 Å². The molecule has 0 aliphatic carbocycles. The Kier molecular flexibility index (Phi) is 4.80. The van der Waals surface area contributed by atoms with Gasteiger partial charge >= 0.3 is 6.03 Å². The van der Waals surface area contributed by atoms with Crippen LogP contribution >= 0.6 is 0 Å². The second-order valence-electron chi connectivity index (χ2n) is 7.43. The number of carbonyl (C=O) groups is 2. The molecule has 0 bridgehead atoms. The average molecular weight is 386 g/mol. The summed E-state index contributed by atoms with van der Waals surface area (Å²) >= 11 is 0. The number of para-hydroxylation sites is 3. The molecule has 0 unspecified atom stereocenters. The Hall–Kier alpha value is -3.60. The Labute approximate surface area is 170 Å². The van der Waals surface area contributed by atoms with Gasteiger partial charge in [-0.1, -0.05) is 54.6 Å². The van der Waals surface area contributed by atoms with Crippen molar-refractivity contribution >= 4 is 17.6 Å². The van der Waals surface area contributed by atoms with Gasteiger partial charge in [0.1, 0.15) is 17.0 Å². The quantitative estimate of drug-likeness (QED) is 0.565. The van der Waals surface area contributed by atoms with Crippen molar-refractivity contribution in [3.8, 4) is 11.5 Å². The molecule has 0 radical (unpaired) electrons. The van der Waals surface area contributed by atoms with Crippen LogP contribution in [-0.4, -0.2) is 22.4 Å². The highest BCUT2D eigenvalue weighted by Gasteiger charge is 2.51. The molecular weight excluding hydrogens is 364 g/mol. The minimum absolute atomic E-state index is 0.241. The molecule has 29 heavy (non-hydrogen) atoms. The van der Waals surface area contributed by atoms with Crippen molar-refractivity contribution in [1.29, 1.82) is 0 Å². The number of amides is 3. The maximum atomic E-state index is 13.2. The summed E-state index contributed by atoms with van der Waals surface area (Å²) in [6.07, 6.45) is 0. The number of urea groups is 1. The number of carbonyl (C=O) groups excluding carboxylic acids is 2. The molecule has 4 rings (SSSR count). The van der Waals surface area contributed by atoms with E-state index in [4.69, 9.17) is 4.74 Å². The van der Waals surface area contributed by atoms with Crippen LogP contribution in [0.15, 0.2) is 84.9 Å². The number of hydrogen-bond acceptors (Lipinski definition) is 3. The second-order valence-corrected chi connectivity index (χ2v) is 7.43. The van der Waals surface area contributed by atoms with E-state index in [1.807, 2.05) is 72.8 Å². The summed E-state index contributed by atoms with van der Waals surface area (Å²) in [5.74, 6) is 1.14. The lowest BCUT2D eigenvalue weighted by Crippen LogP contribution is -2.43. The van der Waals surface area contributed by atoms with Crippen LogP contribution in [0.3, 0.4) is 0 Å². The van der Waals surface area contributed by atoms with Gasteiger partial charge in [-0.3, -0.25) is 4.79 Å². The van der Waals surface area contributed by atoms with Crippen molar-refractivity contribution < 1.29 is 14.3 Å². The number of hydrogen-bond donors (Lipinski definition) is 0. The van der Waals surface area contributed by atoms with E-state index in [1.54, 1.807) is 30.9 Å². The summed E-state index contributed by atoms with van der Waals surface area (Å²) in [6, 6.07) is 25.7. The number of imide groups is 1. The molecule has 0 saturated carbocycles. The van der Waals surface area contributed by atoms with Gasteiger partial charge in [0.15, 0.2) is 0 Å². The molecular formula is C24H22N2O3. The van der Waals surface area contributed by atoms with Crippen molar-refractivity contribution in [2.45, 2.75) is 25.9 Å². The first-order valence-electron chi connectivity index (χ1n) is 9.50. The third-order valence-electron chi connectivity index (χ3n) is 5.11. The van der Waals surface area contributed by atoms with Gasteiger partial charge in [0.2, 0.25) is 0 Å². The van der Waals surface area contributed by atoms with Gasteiger partial charge in [-0.2, -0.15) is 0 Å². The summed E-state index contributed by atoms with van der Waals surface area (Å²) < 4.78 is 6.03. The lowest BCUT2D eigenvalue weighted by atomic mass is 10.0. The van der Waals surface area contributed by atoms with Crippen molar-refractivity contribution in [1.82, 2.24) is 4.90 Å². The van der Waals surface area contributed by atoms with Gasteiger partial charge in [0.05, 0.1) is 12.2 Å². The monoisotopic (exact) mass is 386 g/mol. The van der Waals surface area contributed by atoms with Crippen LogP contribution in [0, 0.1) is 0 Å². The van der Waals surface area contributed by atoms with Gasteiger partial charge < -0.3 is 9.64 Å². The standard InChI is InChI=1S/C24H22N2O3/c1-24(2)22(27)26(19-12-5-3-6-13-19)23(28)25(24)17-18-11-9-10-16-21(18)29-20-14-7-4-8-15-20/h3-16H,17H2,1-2H3. The molecule has 1 heterocycles. The van der Waals surface area contributed by atoms with Gasteiger partial charge in [-0.05, 0) is 44.2 Å². The fraction of sp³-hybridized carbons (Fsp3) is 0.167. The first-order valence-corrected chi connectivity index (χ1v) is 9.50. The van der Waals surface area contributed by atoms with Crippen molar-refractivity contribution in [2.75, 3.05) is 4.90 Å². The summed E-state index contributed by atoms with van der Waals surface area (Å²) in [5, 5.41) is 0. The molecule has 5 heteroatoms. The predicted octanol–water partition coefficient (Wildman–Crippen LogP) is 5.23. The minimum atomic E-state index is -0.965. The lowest BCUT2D eigenvalue weighted by molar-refractivity contribution is -0.123. The topological polar surface area (TPSA) is 49.9 Å². The van der Waals surface area contributed by atoms with Crippen LogP contribution in [0.1, 0.15) is 19.4 Å². The first-order chi connectivity index (χ1) is 14.0. The minimum Gasteiger partial charge on any atom is -0.457 e. The van der Waals surface area contributed by atoms with Crippen molar-refractivity contribution in [3.05, 3.63) is 90.5 Å². The van der Waals surface area contributed by atoms with Gasteiger partial charge in [0, 0.05) is 5.56 Å². The van der Waals surface area contributed by atoms with E-state index in [2.05, 4.69) is 0 Å². The van der Waals surface area contributed by atoms with E-state index in [0.717, 1.165) is 5.56 Å². The molecule has 3 amide bonds. The molecule has 3 aromatic carbocycles. The number of benzene rings is 3. The molecule has 0 spiro atoms. The zero-order valence-electron chi connectivity index (χ0n) is 16.4. The second kappa shape index (κ2) is 7.43. The molecule has 146 valence electrons. The highest BCUT2D eigenvalue weighted by molar-refractivity contribution is 6.22. The Morgan fingerprint density at radius 2 is 1.38 bits per heavy atom. The summed E-state index contributed by atoms with van der Waals surface area (Å²) in [6.45, 7) is 3.82. The molecule has 0 aromatic heterocycles. The summed E-state index contributed by atoms with van der Waals surface area (Å²) in [7, 11) is 0. The lowest BCUT2D eigenvalue weighted by Gasteiger charge is -2.28. The van der Waals surface area contributed by atoms with E-state index in [0.29, 0.717) is 17.2 Å². The van der Waals surface area contributed by atoms with E-state index in [9.17, 15) is 9.59 Å². The van der Waals surface area contributed by atoms with Crippen molar-refractivity contribution in [2.24, 2.45) is 0 Å². The third kappa shape index (κ3) is 3.47. The van der Waals surface area contributed by atoms with E-state index < -0.39 is 5.54 Å². The zero-order valence-corrected chi connectivity index (χ0v) is 16.4. The highest BCUT2D eigenvalue weighted by Crippen LogP contribution is 2.35. The van der Waals surface area contributed by atoms with Crippen LogP contribution < -0.4 is 9.64 Å². The van der Waals surface area contributed by atoms with Crippen LogP contribution in [-0.2, 0) is 11.3 Å². The highest BCUT2D eigenvalue weighted by atomic mass is 16.5. The Bertz CT molecular complexity index is 1030. The van der Waals surface area contributed by atoms with Gasteiger partial charge in [-0.15, -0.1) is 0 Å². The summed E-state index contributed by atoms with van der Waals surface area (Å²) in [5.41, 5.74) is 0.444. The molecule has 3 aromatic rings. The Balaban J connectivity index is 1.64. The van der Waals surface area contributed by atoms with Crippen LogP contribution in [0.25, 0.3) is 0 Å². The van der Waals surface area contributed by atoms with E-state index >= 15 is 0 Å². The van der Waals surface area contributed by atoms with Crippen molar-refractivity contribution in [3.63, 3.8) is 0 Å². The molecule has 1 fully saturated rings. The van der Waals surface area contributed by atoms with Gasteiger partial charge in [-0.25, -0.2) is 9.69 Å². The maximum Gasteiger partial charge on any atom is 0.332 e. The van der Waals surface area contributed by atoms with E-state index in [1.165, 1.54) is 4.90 Å². The predicted molar refractivity (Wildman–Crippen MR) is 112 cm³/mol. The number of nitrogens with zero attached hydrogens (tertiary/aromatic N) is 2. The fourth-order valence-corrected chi connectivity index (χ4v) is 3.43. The molecule has 1 aliphatic heterocycles. The summed E-state index contributed by atoms with van der Waals surface area (Å²) in [4.78, 5) is 29.1. The average Bonchev–Trinajstić information content (AvgIpc) is 2.90. The molecule has 1 saturated heterocycles. The number of ether oxygens (including phenoxy) is 1. The normalized spacial score (nSPS) is 15.7. The first kappa shape index (κ1) is 18.7. The molecule has 1 aliphatic rings. The van der Waals surface area contributed by atoms with Crippen LogP contribution in [0.2, 0.25) is 0 Å². The third-order valence-corrected chi connectivity index (χ3v) is 5.11. The van der Waals surface area contributed by atoms with Crippen LogP contribution in [0.4, 0.5) is 10.5 Å². The maximum absolute atomic E-state index is 13.2.